The number of benzene rings is 9. The Balaban J connectivity index is 1.12. The van der Waals surface area contributed by atoms with E-state index in [9.17, 15) is 0 Å². The van der Waals surface area contributed by atoms with Crippen molar-refractivity contribution in [2.24, 2.45) is 10.9 Å². The molecule has 0 aliphatic carbocycles. The molecule has 4 heteroatoms. The highest BCUT2D eigenvalue weighted by molar-refractivity contribution is 7.25. The highest BCUT2D eigenvalue weighted by Gasteiger charge is 2.33. The smallest absolute Gasteiger partial charge is 0.159 e. The Kier molecular flexibility index (Phi) is 8.54. The normalized spacial score (nSPS) is 17.4. The molecule has 306 valence electrons. The molecule has 0 saturated heterocycles. The number of para-hydroxylation sites is 1. The second-order valence-corrected chi connectivity index (χ2v) is 18.8. The zero-order valence-corrected chi connectivity index (χ0v) is 36.6. The van der Waals surface area contributed by atoms with Crippen LogP contribution in [0.5, 0.6) is 0 Å². The number of furan rings is 1. The Bertz CT molecular complexity index is 3920. The Morgan fingerprint density at radius 2 is 1.30 bits per heavy atom. The zero-order valence-electron chi connectivity index (χ0n) is 35.8. The molecule has 1 aliphatic heterocycles. The number of aliphatic imine (C=N–C) groups is 1. The molecule has 4 heterocycles. The van der Waals surface area contributed by atoms with Crippen molar-refractivity contribution in [3.8, 4) is 5.69 Å². The van der Waals surface area contributed by atoms with Crippen molar-refractivity contribution in [1.82, 2.24) is 4.57 Å². The largest absolute Gasteiger partial charge is 0.453 e. The summed E-state index contributed by atoms with van der Waals surface area (Å²) in [5.74, 6) is 0.293. The molecule has 2 atom stereocenters. The van der Waals surface area contributed by atoms with Crippen molar-refractivity contribution in [1.29, 1.82) is 0 Å². The predicted molar refractivity (Wildman–Crippen MR) is 274 cm³/mol. The van der Waals surface area contributed by atoms with Crippen molar-refractivity contribution < 1.29 is 4.42 Å². The monoisotopic (exact) mass is 840 g/mol. The lowest BCUT2D eigenvalue weighted by molar-refractivity contribution is 0.486. The lowest BCUT2D eigenvalue weighted by Crippen LogP contribution is -2.25. The van der Waals surface area contributed by atoms with Crippen molar-refractivity contribution >= 4 is 108 Å². The van der Waals surface area contributed by atoms with E-state index in [1.165, 1.54) is 86.1 Å². The van der Waals surface area contributed by atoms with Crippen LogP contribution >= 0.6 is 11.3 Å². The van der Waals surface area contributed by atoms with E-state index >= 15 is 0 Å². The van der Waals surface area contributed by atoms with E-state index in [4.69, 9.17) is 9.41 Å². The SMILES string of the molecule is CCC1C(c2cccc3sc4ccccc4c23)=N/C(c2ccccc2)=C(\C)CCC1c1cc(-n2c3ccccc3c3cc4ccccc4cc32)c2oc3c4ccccc4ccc3c2c1. The maximum absolute atomic E-state index is 7.25. The van der Waals surface area contributed by atoms with Crippen molar-refractivity contribution in [2.75, 3.05) is 0 Å². The molecule has 0 radical (unpaired) electrons. The maximum atomic E-state index is 7.25. The van der Waals surface area contributed by atoms with Crippen LogP contribution in [-0.4, -0.2) is 10.3 Å². The minimum Gasteiger partial charge on any atom is -0.453 e. The molecular formula is C60H44N2OS. The number of aromatic nitrogens is 1. The number of rotatable bonds is 5. The lowest BCUT2D eigenvalue weighted by Gasteiger charge is -2.32. The van der Waals surface area contributed by atoms with Crippen molar-refractivity contribution in [3.63, 3.8) is 0 Å². The Morgan fingerprint density at radius 1 is 0.578 bits per heavy atom. The topological polar surface area (TPSA) is 30.4 Å². The average molecular weight is 841 g/mol. The fourth-order valence-corrected chi connectivity index (χ4v) is 12.2. The van der Waals surface area contributed by atoms with Gasteiger partial charge in [0.15, 0.2) is 5.58 Å². The summed E-state index contributed by atoms with van der Waals surface area (Å²) < 4.78 is 12.3. The van der Waals surface area contributed by atoms with Gasteiger partial charge in [0, 0.05) is 64.1 Å². The first-order valence-electron chi connectivity index (χ1n) is 22.7. The van der Waals surface area contributed by atoms with Crippen molar-refractivity contribution in [2.45, 2.75) is 39.0 Å². The van der Waals surface area contributed by atoms with Crippen LogP contribution in [0.4, 0.5) is 0 Å². The van der Waals surface area contributed by atoms with Crippen LogP contribution in [0.2, 0.25) is 0 Å². The quantitative estimate of drug-likeness (QED) is 0.170. The van der Waals surface area contributed by atoms with E-state index in [1.807, 2.05) is 11.3 Å². The Labute approximate surface area is 375 Å². The lowest BCUT2D eigenvalue weighted by atomic mass is 9.74. The van der Waals surface area contributed by atoms with Gasteiger partial charge in [-0.3, -0.25) is 4.99 Å². The van der Waals surface area contributed by atoms with Crippen LogP contribution in [0.15, 0.2) is 197 Å². The number of hydrogen-bond acceptors (Lipinski definition) is 3. The van der Waals surface area contributed by atoms with E-state index in [2.05, 4.69) is 200 Å². The number of nitrogens with zero attached hydrogens (tertiary/aromatic N) is 2. The van der Waals surface area contributed by atoms with Gasteiger partial charge >= 0.3 is 0 Å². The molecule has 64 heavy (non-hydrogen) atoms. The molecule has 0 N–H and O–H groups in total. The summed E-state index contributed by atoms with van der Waals surface area (Å²) in [5.41, 5.74) is 12.6. The molecule has 1 aliphatic rings. The Morgan fingerprint density at radius 3 is 2.14 bits per heavy atom. The summed E-state index contributed by atoms with van der Waals surface area (Å²) in [6.07, 6.45) is 2.87. The van der Waals surface area contributed by atoms with Gasteiger partial charge in [-0.2, -0.15) is 0 Å². The molecule has 9 aromatic carbocycles. The zero-order chi connectivity index (χ0) is 42.5. The van der Waals surface area contributed by atoms with Gasteiger partial charge in [-0.15, -0.1) is 11.3 Å². The second-order valence-electron chi connectivity index (χ2n) is 17.7. The minimum absolute atomic E-state index is 0.127. The minimum atomic E-state index is 0.127. The summed E-state index contributed by atoms with van der Waals surface area (Å²) in [6.45, 7) is 4.68. The first-order valence-corrected chi connectivity index (χ1v) is 23.5. The molecule has 0 saturated carbocycles. The van der Waals surface area contributed by atoms with Crippen LogP contribution in [0.3, 0.4) is 0 Å². The molecule has 13 rings (SSSR count). The van der Waals surface area contributed by atoms with Gasteiger partial charge in [0.05, 0.1) is 28.1 Å². The van der Waals surface area contributed by atoms with E-state index in [0.717, 1.165) is 58.0 Å². The molecule has 2 unspecified atom stereocenters. The number of fused-ring (bicyclic) bond motifs is 12. The van der Waals surface area contributed by atoms with E-state index in [0.29, 0.717) is 0 Å². The average Bonchev–Trinajstić information content (AvgIpc) is 4.02. The standard InChI is InChI=1S/C60H44N2OS/c1-3-42-43(30-28-36(2)57(38-17-5-4-6-18-38)61-58(42)48-24-15-27-55-56(48)47-23-12-14-26-54(47)64-55)41-33-50-46-31-29-37-16-9-10-21-44(37)59(46)63-60(50)53(35-41)62-51-25-13-11-22-45(51)49-32-39-19-7-8-20-40(39)34-52(49)62/h4-27,29,31-35,42-43H,3,28,30H2,1-2H3/b57-36+,61-58?. The summed E-state index contributed by atoms with van der Waals surface area (Å²) in [6, 6.07) is 67.1. The van der Waals surface area contributed by atoms with Gasteiger partial charge in [0.2, 0.25) is 0 Å². The number of thiophene rings is 1. The first kappa shape index (κ1) is 37.3. The van der Waals surface area contributed by atoms with Crippen LogP contribution in [0.25, 0.3) is 96.8 Å². The maximum Gasteiger partial charge on any atom is 0.159 e. The van der Waals surface area contributed by atoms with Crippen molar-refractivity contribution in [3.05, 3.63) is 204 Å². The second kappa shape index (κ2) is 14.7. The van der Waals surface area contributed by atoms with Crippen LogP contribution in [0.1, 0.15) is 55.7 Å². The van der Waals surface area contributed by atoms with E-state index in [1.54, 1.807) is 0 Å². The van der Waals surface area contributed by atoms with Crippen LogP contribution in [0, 0.1) is 5.92 Å². The molecule has 3 aromatic heterocycles. The van der Waals surface area contributed by atoms with Gasteiger partial charge < -0.3 is 8.98 Å². The first-order chi connectivity index (χ1) is 31.6. The van der Waals surface area contributed by atoms with Gasteiger partial charge in [-0.1, -0.05) is 140 Å². The predicted octanol–water partition coefficient (Wildman–Crippen LogP) is 17.2. The highest BCUT2D eigenvalue weighted by atomic mass is 32.1. The number of hydrogen-bond donors (Lipinski definition) is 0. The van der Waals surface area contributed by atoms with Crippen LogP contribution in [-0.2, 0) is 0 Å². The third-order valence-corrected chi connectivity index (χ3v) is 15.3. The van der Waals surface area contributed by atoms with E-state index in [-0.39, 0.29) is 11.8 Å². The van der Waals surface area contributed by atoms with E-state index < -0.39 is 0 Å². The molecule has 0 bridgehead atoms. The Hall–Kier alpha value is -7.27. The summed E-state index contributed by atoms with van der Waals surface area (Å²) >= 11 is 1.88. The fraction of sp³-hybridized carbons (Fsp3) is 0.117. The highest BCUT2D eigenvalue weighted by Crippen LogP contribution is 2.47. The van der Waals surface area contributed by atoms with Gasteiger partial charge in [-0.05, 0) is 108 Å². The third kappa shape index (κ3) is 5.68. The van der Waals surface area contributed by atoms with Gasteiger partial charge in [0.1, 0.15) is 5.58 Å². The summed E-state index contributed by atoms with van der Waals surface area (Å²) in [7, 11) is 0. The molecule has 0 amide bonds. The molecule has 12 aromatic rings. The van der Waals surface area contributed by atoms with Gasteiger partial charge in [0.25, 0.3) is 0 Å². The van der Waals surface area contributed by atoms with Crippen LogP contribution < -0.4 is 0 Å². The third-order valence-electron chi connectivity index (χ3n) is 14.1. The molecule has 3 nitrogen and oxygen atoms in total. The summed E-state index contributed by atoms with van der Waals surface area (Å²) in [5, 5.41) is 12.2. The molecule has 0 fully saturated rings. The molecular weight excluding hydrogens is 797 g/mol. The fourth-order valence-electron chi connectivity index (χ4n) is 11.1. The van der Waals surface area contributed by atoms with Gasteiger partial charge in [-0.25, -0.2) is 0 Å². The summed E-state index contributed by atoms with van der Waals surface area (Å²) in [4.78, 5) is 5.92. The number of allylic oxidation sites excluding steroid dienone is 1. The molecule has 0 spiro atoms.